The Labute approximate surface area is 120 Å². The Balaban J connectivity index is 1.62. The lowest BCUT2D eigenvalue weighted by Gasteiger charge is -2.25. The van der Waals surface area contributed by atoms with Gasteiger partial charge >= 0.3 is 0 Å². The highest BCUT2D eigenvalue weighted by Crippen LogP contribution is 2.24. The van der Waals surface area contributed by atoms with Crippen LogP contribution in [0.2, 0.25) is 0 Å². The fraction of sp³-hybridized carbons (Fsp3) is 0.538. The van der Waals surface area contributed by atoms with Gasteiger partial charge < -0.3 is 10.4 Å². The van der Waals surface area contributed by atoms with Crippen molar-refractivity contribution in [1.82, 2.24) is 14.6 Å². The number of hydrogen-bond acceptors (Lipinski definition) is 4. The van der Waals surface area contributed by atoms with Crippen LogP contribution in [0.25, 0.3) is 5.65 Å². The molecule has 19 heavy (non-hydrogen) atoms. The Bertz CT molecular complexity index is 563. The Morgan fingerprint density at radius 3 is 2.89 bits per heavy atom. The smallest absolute Gasteiger partial charge is 0.243 e. The molecular formula is C13H17BrN4O. The second-order valence-corrected chi connectivity index (χ2v) is 6.06. The van der Waals surface area contributed by atoms with E-state index in [9.17, 15) is 5.11 Å². The highest BCUT2D eigenvalue weighted by molar-refractivity contribution is 9.10. The third-order valence-corrected chi connectivity index (χ3v) is 4.13. The number of aliphatic hydroxyl groups is 1. The van der Waals surface area contributed by atoms with E-state index in [2.05, 4.69) is 31.3 Å². The van der Waals surface area contributed by atoms with Gasteiger partial charge in [-0.3, -0.25) is 0 Å². The quantitative estimate of drug-likeness (QED) is 0.910. The summed E-state index contributed by atoms with van der Waals surface area (Å²) >= 11 is 3.42. The Kier molecular flexibility index (Phi) is 3.70. The molecule has 1 aliphatic rings. The van der Waals surface area contributed by atoms with E-state index < -0.39 is 0 Å². The number of rotatable bonds is 3. The van der Waals surface area contributed by atoms with Crippen LogP contribution in [0.15, 0.2) is 22.8 Å². The summed E-state index contributed by atoms with van der Waals surface area (Å²) in [7, 11) is 0. The van der Waals surface area contributed by atoms with Gasteiger partial charge in [0.15, 0.2) is 5.65 Å². The van der Waals surface area contributed by atoms with Crippen molar-refractivity contribution in [3.63, 3.8) is 0 Å². The number of aromatic nitrogens is 3. The lowest BCUT2D eigenvalue weighted by atomic mass is 9.87. The van der Waals surface area contributed by atoms with E-state index in [1.807, 2.05) is 18.3 Å². The van der Waals surface area contributed by atoms with Crippen LogP contribution in [0.4, 0.5) is 5.95 Å². The summed E-state index contributed by atoms with van der Waals surface area (Å²) in [6.07, 6.45) is 5.78. The van der Waals surface area contributed by atoms with Crippen LogP contribution in [0.1, 0.15) is 25.7 Å². The predicted octanol–water partition coefficient (Wildman–Crippen LogP) is 2.45. The van der Waals surface area contributed by atoms with Crippen molar-refractivity contribution in [2.45, 2.75) is 31.8 Å². The van der Waals surface area contributed by atoms with Crippen LogP contribution in [0, 0.1) is 5.92 Å². The number of halogens is 1. The normalized spacial score (nSPS) is 23.7. The minimum absolute atomic E-state index is 0.0954. The molecule has 2 heterocycles. The van der Waals surface area contributed by atoms with Gasteiger partial charge in [0.05, 0.1) is 6.10 Å². The molecule has 0 aromatic carbocycles. The SMILES string of the molecule is OC1CCC(CNc2nc3ccc(Br)cn3n2)CC1. The molecule has 0 aliphatic heterocycles. The summed E-state index contributed by atoms with van der Waals surface area (Å²) in [6, 6.07) is 3.88. The van der Waals surface area contributed by atoms with Gasteiger partial charge in [-0.25, -0.2) is 4.52 Å². The average molecular weight is 325 g/mol. The van der Waals surface area contributed by atoms with E-state index in [-0.39, 0.29) is 6.10 Å². The molecule has 1 aliphatic carbocycles. The number of aliphatic hydroxyl groups excluding tert-OH is 1. The van der Waals surface area contributed by atoms with Crippen LogP contribution < -0.4 is 5.32 Å². The van der Waals surface area contributed by atoms with Crippen LogP contribution in [0.5, 0.6) is 0 Å². The lowest BCUT2D eigenvalue weighted by molar-refractivity contribution is 0.111. The molecule has 0 radical (unpaired) electrons. The maximum atomic E-state index is 9.48. The lowest BCUT2D eigenvalue weighted by Crippen LogP contribution is -2.23. The summed E-state index contributed by atoms with van der Waals surface area (Å²) in [5.74, 6) is 1.28. The van der Waals surface area contributed by atoms with E-state index >= 15 is 0 Å². The zero-order valence-electron chi connectivity index (χ0n) is 10.6. The molecule has 0 atom stereocenters. The summed E-state index contributed by atoms with van der Waals surface area (Å²) in [6.45, 7) is 0.880. The molecule has 0 spiro atoms. The first kappa shape index (κ1) is 12.9. The minimum atomic E-state index is -0.0954. The first-order valence-corrected chi connectivity index (χ1v) is 7.44. The number of nitrogens with one attached hydrogen (secondary N) is 1. The number of hydrogen-bond donors (Lipinski definition) is 2. The molecule has 0 bridgehead atoms. The van der Waals surface area contributed by atoms with E-state index in [1.54, 1.807) is 4.52 Å². The standard InChI is InChI=1S/C13H17BrN4O/c14-10-3-6-12-16-13(17-18(12)8-10)15-7-9-1-4-11(19)5-2-9/h3,6,8-9,11,19H,1-2,4-5,7H2,(H,15,17). The molecule has 0 unspecified atom stereocenters. The molecule has 1 fully saturated rings. The maximum absolute atomic E-state index is 9.48. The fourth-order valence-corrected chi connectivity index (χ4v) is 2.84. The van der Waals surface area contributed by atoms with Crippen molar-refractivity contribution in [2.24, 2.45) is 5.92 Å². The first-order chi connectivity index (χ1) is 9.20. The Morgan fingerprint density at radius 1 is 1.32 bits per heavy atom. The third kappa shape index (κ3) is 3.06. The predicted molar refractivity (Wildman–Crippen MR) is 77.1 cm³/mol. The van der Waals surface area contributed by atoms with Gasteiger partial charge in [0, 0.05) is 17.2 Å². The van der Waals surface area contributed by atoms with Gasteiger partial charge in [-0.1, -0.05) is 0 Å². The molecular weight excluding hydrogens is 308 g/mol. The molecule has 2 N–H and O–H groups in total. The molecule has 5 nitrogen and oxygen atoms in total. The topological polar surface area (TPSA) is 62.5 Å². The molecule has 2 aromatic heterocycles. The maximum Gasteiger partial charge on any atom is 0.243 e. The average Bonchev–Trinajstić information content (AvgIpc) is 2.80. The number of anilines is 1. The molecule has 0 saturated heterocycles. The zero-order chi connectivity index (χ0) is 13.2. The monoisotopic (exact) mass is 324 g/mol. The number of nitrogens with zero attached hydrogens (tertiary/aromatic N) is 3. The highest BCUT2D eigenvalue weighted by Gasteiger charge is 2.19. The van der Waals surface area contributed by atoms with Crippen LogP contribution in [-0.2, 0) is 0 Å². The number of pyridine rings is 1. The van der Waals surface area contributed by atoms with E-state index in [4.69, 9.17) is 0 Å². The van der Waals surface area contributed by atoms with Crippen molar-refractivity contribution in [2.75, 3.05) is 11.9 Å². The number of fused-ring (bicyclic) bond motifs is 1. The van der Waals surface area contributed by atoms with Crippen molar-refractivity contribution in [3.8, 4) is 0 Å². The largest absolute Gasteiger partial charge is 0.393 e. The molecule has 3 rings (SSSR count). The van der Waals surface area contributed by atoms with E-state index in [0.717, 1.165) is 42.3 Å². The van der Waals surface area contributed by atoms with Crippen molar-refractivity contribution in [3.05, 3.63) is 22.8 Å². The van der Waals surface area contributed by atoms with Crippen LogP contribution >= 0.6 is 15.9 Å². The van der Waals surface area contributed by atoms with Gasteiger partial charge in [-0.2, -0.15) is 4.98 Å². The van der Waals surface area contributed by atoms with Crippen molar-refractivity contribution >= 4 is 27.5 Å². The van der Waals surface area contributed by atoms with Crippen molar-refractivity contribution < 1.29 is 5.11 Å². The fourth-order valence-electron chi connectivity index (χ4n) is 2.52. The highest BCUT2D eigenvalue weighted by atomic mass is 79.9. The van der Waals surface area contributed by atoms with Gasteiger partial charge in [0.1, 0.15) is 0 Å². The minimum Gasteiger partial charge on any atom is -0.393 e. The summed E-state index contributed by atoms with van der Waals surface area (Å²) < 4.78 is 2.74. The third-order valence-electron chi connectivity index (χ3n) is 3.66. The van der Waals surface area contributed by atoms with Gasteiger partial charge in [-0.15, -0.1) is 5.10 Å². The Hall–Kier alpha value is -1.14. The zero-order valence-corrected chi connectivity index (χ0v) is 12.2. The van der Waals surface area contributed by atoms with Gasteiger partial charge in [0.2, 0.25) is 5.95 Å². The molecule has 0 amide bonds. The van der Waals surface area contributed by atoms with Crippen molar-refractivity contribution in [1.29, 1.82) is 0 Å². The van der Waals surface area contributed by atoms with Gasteiger partial charge in [-0.05, 0) is 59.7 Å². The first-order valence-electron chi connectivity index (χ1n) is 6.64. The second kappa shape index (κ2) is 5.46. The van der Waals surface area contributed by atoms with E-state index in [0.29, 0.717) is 11.9 Å². The summed E-state index contributed by atoms with van der Waals surface area (Å²) in [5.41, 5.74) is 0.838. The summed E-state index contributed by atoms with van der Waals surface area (Å²) in [5, 5.41) is 17.2. The molecule has 2 aromatic rings. The van der Waals surface area contributed by atoms with Gasteiger partial charge in [0.25, 0.3) is 0 Å². The molecule has 6 heteroatoms. The summed E-state index contributed by atoms with van der Waals surface area (Å²) in [4.78, 5) is 4.42. The van der Waals surface area contributed by atoms with Crippen LogP contribution in [-0.4, -0.2) is 32.4 Å². The van der Waals surface area contributed by atoms with E-state index in [1.165, 1.54) is 0 Å². The van der Waals surface area contributed by atoms with Crippen LogP contribution in [0.3, 0.4) is 0 Å². The Morgan fingerprint density at radius 2 is 2.11 bits per heavy atom. The second-order valence-electron chi connectivity index (χ2n) is 5.14. The molecule has 102 valence electrons. The molecule has 1 saturated carbocycles.